The van der Waals surface area contributed by atoms with Gasteiger partial charge in [0.05, 0.1) is 0 Å². The van der Waals surface area contributed by atoms with Crippen molar-refractivity contribution in [3.8, 4) is 22.3 Å². The number of alkyl halides is 3. The molecule has 0 radical (unpaired) electrons. The fraction of sp³-hybridized carbons (Fsp3) is 0.0526. The van der Waals surface area contributed by atoms with E-state index in [0.29, 0.717) is 0 Å². The van der Waals surface area contributed by atoms with Gasteiger partial charge in [0.2, 0.25) is 0 Å². The molecule has 0 atom stereocenters. The van der Waals surface area contributed by atoms with Gasteiger partial charge in [-0.1, -0.05) is 66.7 Å². The van der Waals surface area contributed by atoms with E-state index < -0.39 is 6.68 Å². The first kappa shape index (κ1) is 19.8. The van der Waals surface area contributed by atoms with E-state index in [-0.39, 0.29) is 19.3 Å². The molecule has 0 aliphatic rings. The summed E-state index contributed by atoms with van der Waals surface area (Å²) in [6, 6.07) is 25.0. The van der Waals surface area contributed by atoms with Crippen LogP contribution in [0, 0.1) is 5.82 Å². The van der Waals surface area contributed by atoms with E-state index in [1.54, 1.807) is 0 Å². The van der Waals surface area contributed by atoms with Gasteiger partial charge in [0.15, 0.2) is 0 Å². The lowest BCUT2D eigenvalue weighted by molar-refractivity contribution is 0.00819. The molecule has 0 bridgehead atoms. The summed E-state index contributed by atoms with van der Waals surface area (Å²) in [5.74, 6) is -0.207. The van der Waals surface area contributed by atoms with Crippen molar-refractivity contribution in [2.45, 2.75) is 6.68 Å². The van der Waals surface area contributed by atoms with E-state index in [2.05, 4.69) is 24.3 Å². The first-order valence-electron chi connectivity index (χ1n) is 6.90. The van der Waals surface area contributed by atoms with Crippen molar-refractivity contribution >= 4 is 13.5 Å². The fourth-order valence-corrected chi connectivity index (χ4v) is 2.23. The smallest absolute Gasteiger partial charge is 0.207 e. The number of hydrogen-bond acceptors (Lipinski definition) is 0. The van der Waals surface area contributed by atoms with Crippen LogP contribution in [0.25, 0.3) is 22.3 Å². The molecule has 0 saturated carbocycles. The number of benzene rings is 3. The van der Waals surface area contributed by atoms with Gasteiger partial charge < -0.3 is 0 Å². The molecule has 3 aromatic carbocycles. The zero-order chi connectivity index (χ0) is 16.7. The van der Waals surface area contributed by atoms with E-state index in [9.17, 15) is 17.6 Å². The number of hydrogen-bond donors (Lipinski definition) is 0. The maximum atomic E-state index is 13.0. The Hall–Kier alpha value is -2.27. The van der Waals surface area contributed by atoms with Crippen LogP contribution < -0.4 is 0 Å². The molecular weight excluding hydrogens is 336 g/mol. The van der Waals surface area contributed by atoms with Crippen molar-refractivity contribution in [3.63, 3.8) is 0 Å². The summed E-state index contributed by atoms with van der Waals surface area (Å²) in [6.45, 7) is -3.67. The molecule has 0 aliphatic heterocycles. The third-order valence-corrected chi connectivity index (χ3v) is 3.17. The maximum absolute atomic E-state index is 13.0. The summed E-state index contributed by atoms with van der Waals surface area (Å²) in [5, 5.41) is 0. The Kier molecular flexibility index (Phi) is 8.06. The van der Waals surface area contributed by atoms with Crippen LogP contribution in [0.15, 0.2) is 78.9 Å². The third kappa shape index (κ3) is 5.74. The maximum Gasteiger partial charge on any atom is 0.379 e. The van der Waals surface area contributed by atoms with Gasteiger partial charge in [0.1, 0.15) is 5.82 Å². The summed E-state index contributed by atoms with van der Waals surface area (Å²) in [6.07, 6.45) is 0. The van der Waals surface area contributed by atoms with Crippen molar-refractivity contribution in [3.05, 3.63) is 84.7 Å². The molecule has 0 heterocycles. The van der Waals surface area contributed by atoms with Gasteiger partial charge in [-0.2, -0.15) is 26.7 Å². The monoisotopic (exact) mass is 352 g/mol. The minimum absolute atomic E-state index is 0. The van der Waals surface area contributed by atoms with E-state index >= 15 is 0 Å². The second-order valence-electron chi connectivity index (χ2n) is 4.67. The molecule has 0 N–H and O–H groups in total. The number of rotatable bonds is 2. The van der Waals surface area contributed by atoms with Crippen LogP contribution in [0.3, 0.4) is 0 Å². The molecular formula is C19H16F4S. The van der Waals surface area contributed by atoms with Crippen LogP contribution in [-0.2, 0) is 0 Å². The first-order valence-corrected chi connectivity index (χ1v) is 6.90. The van der Waals surface area contributed by atoms with Gasteiger partial charge in [0.25, 0.3) is 0 Å². The quantitative estimate of drug-likeness (QED) is 0.465. The standard InChI is InChI=1S/C18H13F.CHF3.H2S/c19-16-12-10-15(11-13-16)18-9-5-4-8-17(18)14-6-2-1-3-7-14;2-1(3)4;/h1-13H;1H;1H2. The van der Waals surface area contributed by atoms with Crippen LogP contribution in [0.4, 0.5) is 17.6 Å². The van der Waals surface area contributed by atoms with Crippen LogP contribution in [-0.4, -0.2) is 6.68 Å². The Balaban J connectivity index is 0.000000522. The van der Waals surface area contributed by atoms with Gasteiger partial charge >= 0.3 is 6.68 Å². The fourth-order valence-electron chi connectivity index (χ4n) is 2.23. The van der Waals surface area contributed by atoms with Crippen LogP contribution in [0.2, 0.25) is 0 Å². The molecule has 0 spiro atoms. The van der Waals surface area contributed by atoms with E-state index in [1.807, 2.05) is 42.5 Å². The molecule has 5 heteroatoms. The lowest BCUT2D eigenvalue weighted by atomic mass is 9.95. The first-order chi connectivity index (χ1) is 11.1. The van der Waals surface area contributed by atoms with Crippen molar-refractivity contribution < 1.29 is 17.6 Å². The second-order valence-corrected chi connectivity index (χ2v) is 4.67. The highest BCUT2D eigenvalue weighted by Crippen LogP contribution is 2.31. The van der Waals surface area contributed by atoms with Gasteiger partial charge in [-0.3, -0.25) is 0 Å². The highest BCUT2D eigenvalue weighted by molar-refractivity contribution is 7.59. The molecule has 3 rings (SSSR count). The Morgan fingerprint density at radius 3 is 1.38 bits per heavy atom. The summed E-state index contributed by atoms with van der Waals surface area (Å²) in [7, 11) is 0. The molecule has 0 nitrogen and oxygen atoms in total. The summed E-state index contributed by atoms with van der Waals surface area (Å²) in [5.41, 5.74) is 4.48. The summed E-state index contributed by atoms with van der Waals surface area (Å²) >= 11 is 0. The van der Waals surface area contributed by atoms with Crippen molar-refractivity contribution in [1.29, 1.82) is 0 Å². The lowest BCUT2D eigenvalue weighted by Gasteiger charge is -2.10. The second kappa shape index (κ2) is 9.78. The summed E-state index contributed by atoms with van der Waals surface area (Å²) in [4.78, 5) is 0. The van der Waals surface area contributed by atoms with E-state index in [1.165, 1.54) is 17.7 Å². The van der Waals surface area contributed by atoms with E-state index in [0.717, 1.165) is 16.7 Å². The van der Waals surface area contributed by atoms with Crippen molar-refractivity contribution in [1.82, 2.24) is 0 Å². The topological polar surface area (TPSA) is 0 Å². The molecule has 0 fully saturated rings. The van der Waals surface area contributed by atoms with Crippen molar-refractivity contribution in [2.75, 3.05) is 0 Å². The predicted molar refractivity (Wildman–Crippen MR) is 94.8 cm³/mol. The normalized spacial score (nSPS) is 9.71. The molecule has 0 aromatic heterocycles. The van der Waals surface area contributed by atoms with Crippen molar-refractivity contribution in [2.24, 2.45) is 0 Å². The Bertz CT molecular complexity index is 725. The molecule has 126 valence electrons. The minimum atomic E-state index is -3.67. The highest BCUT2D eigenvalue weighted by Gasteiger charge is 2.06. The van der Waals surface area contributed by atoms with Gasteiger partial charge in [-0.15, -0.1) is 0 Å². The zero-order valence-electron chi connectivity index (χ0n) is 12.6. The SMILES string of the molecule is FC(F)F.Fc1ccc(-c2ccccc2-c2ccccc2)cc1.S. The summed E-state index contributed by atoms with van der Waals surface area (Å²) < 4.78 is 42.0. The average molecular weight is 352 g/mol. The molecule has 0 unspecified atom stereocenters. The van der Waals surface area contributed by atoms with Crippen LogP contribution >= 0.6 is 13.5 Å². The Labute approximate surface area is 145 Å². The predicted octanol–water partition coefficient (Wildman–Crippen LogP) is 6.45. The molecule has 24 heavy (non-hydrogen) atoms. The van der Waals surface area contributed by atoms with Crippen LogP contribution in [0.1, 0.15) is 0 Å². The minimum Gasteiger partial charge on any atom is -0.207 e. The average Bonchev–Trinajstić information content (AvgIpc) is 2.56. The molecule has 0 amide bonds. The van der Waals surface area contributed by atoms with Gasteiger partial charge in [-0.25, -0.2) is 4.39 Å². The van der Waals surface area contributed by atoms with E-state index in [4.69, 9.17) is 0 Å². The molecule has 0 saturated heterocycles. The van der Waals surface area contributed by atoms with Crippen LogP contribution in [0.5, 0.6) is 0 Å². The van der Waals surface area contributed by atoms with Gasteiger partial charge in [0, 0.05) is 0 Å². The molecule has 0 aliphatic carbocycles. The Morgan fingerprint density at radius 1 is 0.542 bits per heavy atom. The third-order valence-electron chi connectivity index (χ3n) is 3.17. The Morgan fingerprint density at radius 2 is 0.917 bits per heavy atom. The largest absolute Gasteiger partial charge is 0.379 e. The molecule has 3 aromatic rings. The highest BCUT2D eigenvalue weighted by atomic mass is 32.1. The lowest BCUT2D eigenvalue weighted by Crippen LogP contribution is -1.85. The van der Waals surface area contributed by atoms with Gasteiger partial charge in [-0.05, 0) is 34.4 Å². The zero-order valence-corrected chi connectivity index (χ0v) is 13.6. The number of halogens is 4.